The number of nitrogens with two attached hydrogens (primary N) is 1. The van der Waals surface area contributed by atoms with Gasteiger partial charge >= 0.3 is 0 Å². The van der Waals surface area contributed by atoms with Crippen LogP contribution in [0, 0.1) is 11.8 Å². The minimum Gasteiger partial charge on any atom is -0.484 e. The van der Waals surface area contributed by atoms with Crippen LogP contribution in [0.4, 0.5) is 10.8 Å². The van der Waals surface area contributed by atoms with Crippen molar-refractivity contribution >= 4 is 22.4 Å². The molecule has 0 radical (unpaired) electrons. The van der Waals surface area contributed by atoms with Gasteiger partial charge in [0.25, 0.3) is 0 Å². The molecule has 1 aromatic rings. The van der Waals surface area contributed by atoms with Crippen LogP contribution in [0.3, 0.4) is 0 Å². The summed E-state index contributed by atoms with van der Waals surface area (Å²) >= 11 is 1.40. The fourth-order valence-corrected chi connectivity index (χ4v) is 3.64. The zero-order valence-electron chi connectivity index (χ0n) is 12.3. The molecular formula is C14H25N3OS. The Morgan fingerprint density at radius 1 is 1.47 bits per heavy atom. The van der Waals surface area contributed by atoms with Gasteiger partial charge in [-0.05, 0) is 50.1 Å². The summed E-state index contributed by atoms with van der Waals surface area (Å²) in [7, 11) is 0. The molecule has 1 aliphatic rings. The summed E-state index contributed by atoms with van der Waals surface area (Å²) < 4.78 is 9.98. The molecule has 3 unspecified atom stereocenters. The Balaban J connectivity index is 2.07. The van der Waals surface area contributed by atoms with Gasteiger partial charge in [0.05, 0.1) is 6.10 Å². The van der Waals surface area contributed by atoms with E-state index in [1.54, 1.807) is 0 Å². The smallest absolute Gasteiger partial charge is 0.197 e. The summed E-state index contributed by atoms with van der Waals surface area (Å²) in [6.45, 7) is 8.63. The van der Waals surface area contributed by atoms with E-state index in [4.69, 9.17) is 10.5 Å². The Hall–Kier alpha value is -0.970. The second-order valence-electron chi connectivity index (χ2n) is 5.75. The first-order valence-electron chi connectivity index (χ1n) is 7.21. The SMILES string of the molecule is CCC1CCC(Nc2snc(N)c2OC(C)C)C1C. The van der Waals surface area contributed by atoms with Gasteiger partial charge in [0, 0.05) is 6.04 Å². The minimum absolute atomic E-state index is 0.114. The number of nitrogens with one attached hydrogen (secondary N) is 1. The summed E-state index contributed by atoms with van der Waals surface area (Å²) in [4.78, 5) is 0. The zero-order valence-corrected chi connectivity index (χ0v) is 13.1. The molecule has 1 heterocycles. The average molecular weight is 283 g/mol. The fraction of sp³-hybridized carbons (Fsp3) is 0.786. The molecule has 1 aliphatic carbocycles. The standard InChI is InChI=1S/C14H25N3OS/c1-5-10-6-7-11(9(10)4)16-14-12(18-8(2)3)13(15)17-19-14/h8-11,16H,5-7H2,1-4H3,(H2,15,17). The molecule has 2 rings (SSSR count). The van der Waals surface area contributed by atoms with Crippen LogP contribution >= 0.6 is 11.5 Å². The molecule has 3 atom stereocenters. The molecule has 0 bridgehead atoms. The predicted molar refractivity (Wildman–Crippen MR) is 81.9 cm³/mol. The van der Waals surface area contributed by atoms with Crippen LogP contribution in [0.5, 0.6) is 5.75 Å². The molecule has 0 saturated heterocycles. The number of ether oxygens (including phenoxy) is 1. The van der Waals surface area contributed by atoms with Gasteiger partial charge in [0.15, 0.2) is 16.6 Å². The number of nitrogens with zero attached hydrogens (tertiary/aromatic N) is 1. The molecule has 0 aromatic carbocycles. The van der Waals surface area contributed by atoms with Gasteiger partial charge in [-0.1, -0.05) is 20.3 Å². The highest BCUT2D eigenvalue weighted by atomic mass is 32.1. The molecule has 108 valence electrons. The number of rotatable bonds is 5. The third kappa shape index (κ3) is 3.14. The summed E-state index contributed by atoms with van der Waals surface area (Å²) in [5.41, 5.74) is 5.89. The number of hydrogen-bond donors (Lipinski definition) is 2. The molecule has 0 spiro atoms. The highest BCUT2D eigenvalue weighted by molar-refractivity contribution is 7.11. The van der Waals surface area contributed by atoms with Crippen molar-refractivity contribution in [3.63, 3.8) is 0 Å². The van der Waals surface area contributed by atoms with Crippen LogP contribution in [0.2, 0.25) is 0 Å². The molecule has 5 heteroatoms. The van der Waals surface area contributed by atoms with Gasteiger partial charge in [-0.15, -0.1) is 0 Å². The first-order chi connectivity index (χ1) is 9.02. The Bertz CT molecular complexity index is 419. The zero-order chi connectivity index (χ0) is 14.0. The Morgan fingerprint density at radius 2 is 2.21 bits per heavy atom. The lowest BCUT2D eigenvalue weighted by molar-refractivity contribution is 0.245. The van der Waals surface area contributed by atoms with E-state index in [0.717, 1.165) is 16.7 Å². The van der Waals surface area contributed by atoms with Crippen molar-refractivity contribution in [2.75, 3.05) is 11.1 Å². The van der Waals surface area contributed by atoms with Gasteiger partial charge in [-0.25, -0.2) is 0 Å². The molecule has 1 saturated carbocycles. The van der Waals surface area contributed by atoms with Crippen molar-refractivity contribution in [2.24, 2.45) is 11.8 Å². The number of anilines is 2. The van der Waals surface area contributed by atoms with Gasteiger partial charge < -0.3 is 15.8 Å². The quantitative estimate of drug-likeness (QED) is 0.864. The van der Waals surface area contributed by atoms with Crippen molar-refractivity contribution in [3.05, 3.63) is 0 Å². The van der Waals surface area contributed by atoms with E-state index in [9.17, 15) is 0 Å². The highest BCUT2D eigenvalue weighted by Gasteiger charge is 2.32. The Morgan fingerprint density at radius 3 is 2.79 bits per heavy atom. The fourth-order valence-electron chi connectivity index (χ4n) is 2.93. The van der Waals surface area contributed by atoms with Crippen molar-refractivity contribution in [1.29, 1.82) is 0 Å². The predicted octanol–water partition coefficient (Wildman–Crippen LogP) is 3.75. The van der Waals surface area contributed by atoms with Gasteiger partial charge in [-0.2, -0.15) is 4.37 Å². The normalized spacial score (nSPS) is 26.9. The molecule has 3 N–H and O–H groups in total. The number of aromatic nitrogens is 1. The first kappa shape index (κ1) is 14.4. The van der Waals surface area contributed by atoms with E-state index >= 15 is 0 Å². The average Bonchev–Trinajstić information content (AvgIpc) is 2.87. The lowest BCUT2D eigenvalue weighted by Gasteiger charge is -2.22. The third-order valence-electron chi connectivity index (χ3n) is 4.10. The lowest BCUT2D eigenvalue weighted by atomic mass is 9.93. The van der Waals surface area contributed by atoms with Gasteiger partial charge in [0.1, 0.15) is 0 Å². The van der Waals surface area contributed by atoms with E-state index in [-0.39, 0.29) is 6.10 Å². The van der Waals surface area contributed by atoms with Gasteiger partial charge in [-0.3, -0.25) is 0 Å². The molecule has 4 nitrogen and oxygen atoms in total. The Kier molecular flexibility index (Phi) is 4.55. The Labute approximate surface area is 119 Å². The number of hydrogen-bond acceptors (Lipinski definition) is 5. The third-order valence-corrected chi connectivity index (χ3v) is 4.87. The monoisotopic (exact) mass is 283 g/mol. The van der Waals surface area contributed by atoms with Crippen LogP contribution in [0.25, 0.3) is 0 Å². The maximum absolute atomic E-state index is 5.89. The van der Waals surface area contributed by atoms with E-state index < -0.39 is 0 Å². The van der Waals surface area contributed by atoms with Crippen LogP contribution in [-0.2, 0) is 0 Å². The van der Waals surface area contributed by atoms with E-state index in [0.29, 0.717) is 17.8 Å². The van der Waals surface area contributed by atoms with Crippen molar-refractivity contribution in [3.8, 4) is 5.75 Å². The minimum atomic E-state index is 0.114. The van der Waals surface area contributed by atoms with Crippen LogP contribution in [0.1, 0.15) is 47.0 Å². The van der Waals surface area contributed by atoms with Gasteiger partial charge in [0.2, 0.25) is 0 Å². The van der Waals surface area contributed by atoms with Crippen LogP contribution in [-0.4, -0.2) is 16.5 Å². The molecule has 1 aromatic heterocycles. The maximum atomic E-state index is 5.89. The highest BCUT2D eigenvalue weighted by Crippen LogP contribution is 2.41. The van der Waals surface area contributed by atoms with Crippen LogP contribution in [0.15, 0.2) is 0 Å². The second-order valence-corrected chi connectivity index (χ2v) is 6.52. The van der Waals surface area contributed by atoms with Crippen molar-refractivity contribution in [2.45, 2.75) is 59.1 Å². The van der Waals surface area contributed by atoms with E-state index in [1.807, 2.05) is 13.8 Å². The number of nitrogen functional groups attached to an aromatic ring is 1. The summed E-state index contributed by atoms with van der Waals surface area (Å²) in [5, 5.41) is 4.59. The summed E-state index contributed by atoms with van der Waals surface area (Å²) in [6, 6.07) is 0.513. The van der Waals surface area contributed by atoms with Crippen molar-refractivity contribution < 1.29 is 4.74 Å². The molecule has 1 fully saturated rings. The largest absolute Gasteiger partial charge is 0.484 e. The van der Waals surface area contributed by atoms with Crippen LogP contribution < -0.4 is 15.8 Å². The first-order valence-corrected chi connectivity index (χ1v) is 7.98. The summed E-state index contributed by atoms with van der Waals surface area (Å²) in [6.07, 6.45) is 3.91. The van der Waals surface area contributed by atoms with E-state index in [2.05, 4.69) is 23.5 Å². The molecule has 0 amide bonds. The van der Waals surface area contributed by atoms with E-state index in [1.165, 1.54) is 30.8 Å². The lowest BCUT2D eigenvalue weighted by Crippen LogP contribution is -2.24. The van der Waals surface area contributed by atoms with Crippen molar-refractivity contribution in [1.82, 2.24) is 4.37 Å². The molecular weight excluding hydrogens is 258 g/mol. The second kappa shape index (κ2) is 5.99. The molecule has 19 heavy (non-hydrogen) atoms. The summed E-state index contributed by atoms with van der Waals surface area (Å²) in [5.74, 6) is 2.75. The molecule has 0 aliphatic heterocycles. The maximum Gasteiger partial charge on any atom is 0.197 e. The topological polar surface area (TPSA) is 60.2 Å².